The molecule has 0 aliphatic carbocycles. The van der Waals surface area contributed by atoms with Gasteiger partial charge in [-0.15, -0.1) is 0 Å². The summed E-state index contributed by atoms with van der Waals surface area (Å²) in [5.74, 6) is 0.421. The molecule has 0 radical (unpaired) electrons. The van der Waals surface area contributed by atoms with E-state index < -0.39 is 0 Å². The molecule has 122 valence electrons. The molecule has 1 unspecified atom stereocenters. The highest BCUT2D eigenvalue weighted by Crippen LogP contribution is 2.22. The molecule has 2 aromatic carbocycles. The van der Waals surface area contributed by atoms with Gasteiger partial charge in [-0.2, -0.15) is 0 Å². The van der Waals surface area contributed by atoms with Gasteiger partial charge in [-0.3, -0.25) is 4.79 Å². The van der Waals surface area contributed by atoms with Crippen LogP contribution in [-0.2, 0) is 17.8 Å². The predicted molar refractivity (Wildman–Crippen MR) is 95.0 cm³/mol. The monoisotopic (exact) mass is 310 g/mol. The molecule has 3 rings (SSSR count). The Morgan fingerprint density at radius 1 is 1.04 bits per heavy atom. The van der Waals surface area contributed by atoms with E-state index in [-0.39, 0.29) is 11.8 Å². The van der Waals surface area contributed by atoms with E-state index in [1.54, 1.807) is 0 Å². The molecular formula is C20H26N2O. The number of carbonyl (C=O) groups excluding carboxylic acids is 1. The van der Waals surface area contributed by atoms with E-state index in [9.17, 15) is 4.79 Å². The number of rotatable bonds is 3. The quantitative estimate of drug-likeness (QED) is 0.946. The topological polar surface area (TPSA) is 46.3 Å². The van der Waals surface area contributed by atoms with Gasteiger partial charge in [0.15, 0.2) is 0 Å². The van der Waals surface area contributed by atoms with Crippen LogP contribution in [0.1, 0.15) is 23.1 Å². The molecule has 1 heterocycles. The fourth-order valence-electron chi connectivity index (χ4n) is 2.84. The first kappa shape index (κ1) is 17.2. The Morgan fingerprint density at radius 3 is 2.13 bits per heavy atom. The minimum Gasteiger partial charge on any atom is -0.345 e. The van der Waals surface area contributed by atoms with Gasteiger partial charge in [0, 0.05) is 26.1 Å². The Bertz CT molecular complexity index is 625. The lowest BCUT2D eigenvalue weighted by atomic mass is 9.94. The number of likely N-dealkylation sites (tertiary alicyclic amines) is 1. The zero-order valence-corrected chi connectivity index (χ0v) is 14.0. The molecule has 23 heavy (non-hydrogen) atoms. The third-order valence-corrected chi connectivity index (χ3v) is 4.28. The van der Waals surface area contributed by atoms with Crippen LogP contribution < -0.4 is 5.73 Å². The number of amides is 1. The van der Waals surface area contributed by atoms with Gasteiger partial charge in [-0.05, 0) is 30.9 Å². The highest BCUT2D eigenvalue weighted by Gasteiger charge is 2.29. The van der Waals surface area contributed by atoms with Crippen molar-refractivity contribution in [2.75, 3.05) is 13.6 Å². The van der Waals surface area contributed by atoms with E-state index in [1.807, 2.05) is 48.3 Å². The maximum absolute atomic E-state index is 11.8. The third kappa shape index (κ3) is 4.93. The van der Waals surface area contributed by atoms with Crippen LogP contribution >= 0.6 is 0 Å². The first-order valence-electron chi connectivity index (χ1n) is 8.15. The summed E-state index contributed by atoms with van der Waals surface area (Å²) in [6, 6.07) is 18.4. The molecule has 3 nitrogen and oxygen atoms in total. The number of benzene rings is 2. The Labute approximate surface area is 139 Å². The molecule has 0 saturated carbocycles. The molecule has 1 saturated heterocycles. The molecule has 0 aromatic heterocycles. The second kappa shape index (κ2) is 8.49. The number of nitrogens with two attached hydrogens (primary N) is 1. The summed E-state index contributed by atoms with van der Waals surface area (Å²) >= 11 is 0. The molecule has 1 atom stereocenters. The third-order valence-electron chi connectivity index (χ3n) is 4.28. The van der Waals surface area contributed by atoms with Crippen molar-refractivity contribution in [3.05, 3.63) is 71.3 Å². The molecule has 2 aromatic rings. The van der Waals surface area contributed by atoms with Crippen molar-refractivity contribution in [2.45, 2.75) is 26.3 Å². The van der Waals surface area contributed by atoms with Crippen LogP contribution in [0.25, 0.3) is 0 Å². The van der Waals surface area contributed by atoms with E-state index >= 15 is 0 Å². The first-order valence-corrected chi connectivity index (χ1v) is 8.15. The summed E-state index contributed by atoms with van der Waals surface area (Å²) in [4.78, 5) is 13.6. The van der Waals surface area contributed by atoms with Crippen molar-refractivity contribution in [2.24, 2.45) is 11.7 Å². The maximum Gasteiger partial charge on any atom is 0.225 e. The van der Waals surface area contributed by atoms with E-state index in [1.165, 1.54) is 11.1 Å². The lowest BCUT2D eigenvalue weighted by molar-refractivity contribution is -0.129. The Morgan fingerprint density at radius 2 is 1.65 bits per heavy atom. The van der Waals surface area contributed by atoms with Crippen LogP contribution in [0, 0.1) is 12.8 Å². The fraction of sp³-hybridized carbons (Fsp3) is 0.350. The van der Waals surface area contributed by atoms with Gasteiger partial charge >= 0.3 is 0 Å². The van der Waals surface area contributed by atoms with Crippen molar-refractivity contribution in [1.82, 2.24) is 4.90 Å². The zero-order chi connectivity index (χ0) is 16.7. The molecule has 1 fully saturated rings. The molecular weight excluding hydrogens is 284 g/mol. The van der Waals surface area contributed by atoms with Crippen molar-refractivity contribution in [3.63, 3.8) is 0 Å². The van der Waals surface area contributed by atoms with E-state index in [2.05, 4.69) is 25.1 Å². The van der Waals surface area contributed by atoms with Gasteiger partial charge in [-0.25, -0.2) is 0 Å². The SMILES string of the molecule is CN1CCC(Cc2ccccc2CN)C1=O.Cc1ccccc1. The smallest absolute Gasteiger partial charge is 0.225 e. The normalized spacial score (nSPS) is 16.9. The minimum atomic E-state index is 0.151. The highest BCUT2D eigenvalue weighted by molar-refractivity contribution is 5.80. The average molecular weight is 310 g/mol. The number of carbonyl (C=O) groups is 1. The summed E-state index contributed by atoms with van der Waals surface area (Å²) in [5, 5.41) is 0. The number of nitrogens with zero attached hydrogens (tertiary/aromatic N) is 1. The largest absolute Gasteiger partial charge is 0.345 e. The van der Waals surface area contributed by atoms with Gasteiger partial charge in [0.2, 0.25) is 5.91 Å². The number of aryl methyl sites for hydroxylation is 1. The molecule has 1 amide bonds. The van der Waals surface area contributed by atoms with E-state index in [0.29, 0.717) is 6.54 Å². The number of hydrogen-bond donors (Lipinski definition) is 1. The van der Waals surface area contributed by atoms with Crippen LogP contribution in [0.15, 0.2) is 54.6 Å². The molecule has 1 aliphatic rings. The minimum absolute atomic E-state index is 0.151. The number of hydrogen-bond acceptors (Lipinski definition) is 2. The van der Waals surface area contributed by atoms with Crippen LogP contribution in [0.5, 0.6) is 0 Å². The summed E-state index contributed by atoms with van der Waals surface area (Å²) in [7, 11) is 1.87. The van der Waals surface area contributed by atoms with Gasteiger partial charge in [0.1, 0.15) is 0 Å². The van der Waals surface area contributed by atoms with Crippen LogP contribution in [0.3, 0.4) is 0 Å². The van der Waals surface area contributed by atoms with Crippen molar-refractivity contribution >= 4 is 5.91 Å². The van der Waals surface area contributed by atoms with Gasteiger partial charge in [0.25, 0.3) is 0 Å². The van der Waals surface area contributed by atoms with E-state index in [0.717, 1.165) is 24.9 Å². The maximum atomic E-state index is 11.8. The molecule has 0 bridgehead atoms. The Kier molecular flexibility index (Phi) is 6.36. The Balaban J connectivity index is 0.000000229. The van der Waals surface area contributed by atoms with Gasteiger partial charge in [0.05, 0.1) is 0 Å². The van der Waals surface area contributed by atoms with Crippen molar-refractivity contribution in [1.29, 1.82) is 0 Å². The molecule has 3 heteroatoms. The zero-order valence-electron chi connectivity index (χ0n) is 14.0. The summed E-state index contributed by atoms with van der Waals surface area (Å²) in [6.45, 7) is 3.52. The van der Waals surface area contributed by atoms with Crippen LogP contribution in [-0.4, -0.2) is 24.4 Å². The second-order valence-electron chi connectivity index (χ2n) is 6.08. The van der Waals surface area contributed by atoms with Crippen LogP contribution in [0.4, 0.5) is 0 Å². The van der Waals surface area contributed by atoms with Crippen LogP contribution in [0.2, 0.25) is 0 Å². The highest BCUT2D eigenvalue weighted by atomic mass is 16.2. The summed E-state index contributed by atoms with van der Waals surface area (Å²) in [5.41, 5.74) is 9.39. The lowest BCUT2D eigenvalue weighted by Gasteiger charge is -2.12. The van der Waals surface area contributed by atoms with E-state index in [4.69, 9.17) is 5.73 Å². The van der Waals surface area contributed by atoms with Gasteiger partial charge in [-0.1, -0.05) is 60.2 Å². The summed E-state index contributed by atoms with van der Waals surface area (Å²) in [6.07, 6.45) is 1.80. The molecule has 2 N–H and O–H groups in total. The molecule has 0 spiro atoms. The lowest BCUT2D eigenvalue weighted by Crippen LogP contribution is -2.23. The fourth-order valence-corrected chi connectivity index (χ4v) is 2.84. The Hall–Kier alpha value is -2.13. The first-order chi connectivity index (χ1) is 11.1. The predicted octanol–water partition coefficient (Wildman–Crippen LogP) is 3.16. The molecule has 1 aliphatic heterocycles. The van der Waals surface area contributed by atoms with Crippen molar-refractivity contribution in [3.8, 4) is 0 Å². The second-order valence-corrected chi connectivity index (χ2v) is 6.08. The van der Waals surface area contributed by atoms with Crippen molar-refractivity contribution < 1.29 is 4.79 Å². The van der Waals surface area contributed by atoms with Gasteiger partial charge < -0.3 is 10.6 Å². The average Bonchev–Trinajstić information content (AvgIpc) is 2.89. The standard InChI is InChI=1S/C13H18N2O.C7H8/c1-15-7-6-11(13(15)16)8-10-4-2-3-5-12(10)9-14;1-7-5-3-2-4-6-7/h2-5,11H,6-9,14H2,1H3;2-6H,1H3. The summed E-state index contributed by atoms with van der Waals surface area (Å²) < 4.78 is 0.